The van der Waals surface area contributed by atoms with Gasteiger partial charge in [-0.2, -0.15) is 5.10 Å². The van der Waals surface area contributed by atoms with Gasteiger partial charge in [0.1, 0.15) is 5.52 Å². The van der Waals surface area contributed by atoms with E-state index in [-0.39, 0.29) is 5.91 Å². The van der Waals surface area contributed by atoms with E-state index in [1.807, 2.05) is 55.9 Å². The number of likely N-dealkylation sites (N-methyl/N-ethyl adjacent to an activating group) is 1. The molecule has 6 nitrogen and oxygen atoms in total. The van der Waals surface area contributed by atoms with Crippen LogP contribution in [-0.2, 0) is 19.4 Å². The van der Waals surface area contributed by atoms with E-state index >= 15 is 0 Å². The largest absolute Gasteiger partial charge is 0.441 e. The zero-order valence-electron chi connectivity index (χ0n) is 18.3. The van der Waals surface area contributed by atoms with Gasteiger partial charge in [-0.25, -0.2) is 4.98 Å². The van der Waals surface area contributed by atoms with Crippen LogP contribution < -0.4 is 0 Å². The number of amides is 1. The number of hydrogen-bond acceptors (Lipinski definition) is 4. The van der Waals surface area contributed by atoms with Crippen LogP contribution in [0.25, 0.3) is 11.1 Å². The predicted octanol–water partition coefficient (Wildman–Crippen LogP) is 4.59. The maximum absolute atomic E-state index is 12.9. The van der Waals surface area contributed by atoms with E-state index in [1.165, 1.54) is 5.56 Å². The molecule has 4 rings (SSSR count). The molecule has 2 heterocycles. The predicted molar refractivity (Wildman–Crippen MR) is 121 cm³/mol. The quantitative estimate of drug-likeness (QED) is 0.421. The van der Waals surface area contributed by atoms with Gasteiger partial charge >= 0.3 is 0 Å². The van der Waals surface area contributed by atoms with Gasteiger partial charge in [0.25, 0.3) is 5.91 Å². The maximum atomic E-state index is 12.9. The number of fused-ring (bicyclic) bond motifs is 1. The molecule has 31 heavy (non-hydrogen) atoms. The normalized spacial score (nSPS) is 11.2. The first-order chi connectivity index (χ1) is 15.0. The molecule has 0 fully saturated rings. The van der Waals surface area contributed by atoms with Gasteiger partial charge in [-0.1, -0.05) is 30.3 Å². The van der Waals surface area contributed by atoms with Crippen molar-refractivity contribution in [1.82, 2.24) is 19.7 Å². The zero-order valence-corrected chi connectivity index (χ0v) is 18.3. The van der Waals surface area contributed by atoms with Crippen molar-refractivity contribution in [1.29, 1.82) is 0 Å². The molecule has 0 aliphatic heterocycles. The molecule has 0 atom stereocenters. The summed E-state index contributed by atoms with van der Waals surface area (Å²) < 4.78 is 7.81. The fraction of sp³-hybridized carbons (Fsp3) is 0.320. The number of aromatic nitrogens is 3. The Balaban J connectivity index is 1.37. The maximum Gasteiger partial charge on any atom is 0.253 e. The van der Waals surface area contributed by atoms with E-state index in [1.54, 1.807) is 4.90 Å². The van der Waals surface area contributed by atoms with Gasteiger partial charge in [0.2, 0.25) is 0 Å². The van der Waals surface area contributed by atoms with Crippen LogP contribution in [0.5, 0.6) is 0 Å². The molecular formula is C25H28N4O2. The van der Waals surface area contributed by atoms with Gasteiger partial charge in [0.05, 0.1) is 12.2 Å². The standard InChI is InChI=1S/C25H28N4O2/c1-18-16-19(2)29(27-18)15-14-28(3)25(30)21-12-13-23-22(17-21)26-24(31-23)11-7-10-20-8-5-4-6-9-20/h4-6,8-9,12-13,16-17H,7,10-11,14-15H2,1-3H3. The lowest BCUT2D eigenvalue weighted by atomic mass is 10.1. The van der Waals surface area contributed by atoms with Gasteiger partial charge in [0.15, 0.2) is 11.5 Å². The summed E-state index contributed by atoms with van der Waals surface area (Å²) in [5.41, 5.74) is 5.47. The summed E-state index contributed by atoms with van der Waals surface area (Å²) in [6, 6.07) is 17.9. The molecule has 4 aromatic rings. The number of carbonyl (C=O) groups excluding carboxylic acids is 1. The van der Waals surface area contributed by atoms with E-state index in [9.17, 15) is 4.79 Å². The molecule has 0 radical (unpaired) electrons. The lowest BCUT2D eigenvalue weighted by molar-refractivity contribution is 0.0789. The Labute approximate surface area is 182 Å². The molecule has 2 aromatic carbocycles. The summed E-state index contributed by atoms with van der Waals surface area (Å²) >= 11 is 0. The minimum absolute atomic E-state index is 0.0305. The molecule has 0 saturated heterocycles. The summed E-state index contributed by atoms with van der Waals surface area (Å²) in [7, 11) is 1.82. The van der Waals surface area contributed by atoms with Crippen LogP contribution in [0.2, 0.25) is 0 Å². The number of nitrogens with zero attached hydrogens (tertiary/aromatic N) is 4. The van der Waals surface area contributed by atoms with Crippen molar-refractivity contribution in [2.75, 3.05) is 13.6 Å². The van der Waals surface area contributed by atoms with Gasteiger partial charge in [-0.3, -0.25) is 9.48 Å². The van der Waals surface area contributed by atoms with Gasteiger partial charge < -0.3 is 9.32 Å². The summed E-state index contributed by atoms with van der Waals surface area (Å²) in [5, 5.41) is 4.46. The van der Waals surface area contributed by atoms with Gasteiger partial charge in [-0.15, -0.1) is 0 Å². The number of aryl methyl sites for hydroxylation is 4. The first kappa shape index (κ1) is 20.8. The van der Waals surface area contributed by atoms with Crippen molar-refractivity contribution in [3.63, 3.8) is 0 Å². The second kappa shape index (κ2) is 9.16. The van der Waals surface area contributed by atoms with E-state index in [0.29, 0.717) is 24.5 Å². The van der Waals surface area contributed by atoms with Crippen molar-refractivity contribution in [2.45, 2.75) is 39.7 Å². The Morgan fingerprint density at radius 2 is 1.87 bits per heavy atom. The summed E-state index contributed by atoms with van der Waals surface area (Å²) in [6.07, 6.45) is 2.73. The van der Waals surface area contributed by atoms with Crippen LogP contribution in [-0.4, -0.2) is 39.2 Å². The molecule has 0 aliphatic carbocycles. The lowest BCUT2D eigenvalue weighted by Crippen LogP contribution is -2.30. The van der Waals surface area contributed by atoms with Gasteiger partial charge in [0, 0.05) is 31.3 Å². The monoisotopic (exact) mass is 416 g/mol. The van der Waals surface area contributed by atoms with Crippen LogP contribution in [0.1, 0.15) is 39.6 Å². The highest BCUT2D eigenvalue weighted by atomic mass is 16.3. The second-order valence-electron chi connectivity index (χ2n) is 8.01. The zero-order chi connectivity index (χ0) is 21.8. The first-order valence-corrected chi connectivity index (χ1v) is 10.7. The van der Waals surface area contributed by atoms with Crippen LogP contribution in [0.3, 0.4) is 0 Å². The van der Waals surface area contributed by atoms with Gasteiger partial charge in [-0.05, 0) is 56.5 Å². The molecule has 0 bridgehead atoms. The Morgan fingerprint density at radius 3 is 2.61 bits per heavy atom. The van der Waals surface area contributed by atoms with Crippen LogP contribution in [0.15, 0.2) is 59.0 Å². The van der Waals surface area contributed by atoms with Crippen molar-refractivity contribution < 1.29 is 9.21 Å². The lowest BCUT2D eigenvalue weighted by Gasteiger charge is -2.17. The Hall–Kier alpha value is -3.41. The minimum atomic E-state index is -0.0305. The topological polar surface area (TPSA) is 64.2 Å². The van der Waals surface area contributed by atoms with E-state index < -0.39 is 0 Å². The number of hydrogen-bond donors (Lipinski definition) is 0. The molecule has 1 amide bonds. The Kier molecular flexibility index (Phi) is 6.16. The third-order valence-corrected chi connectivity index (χ3v) is 5.47. The molecule has 0 saturated carbocycles. The third-order valence-electron chi connectivity index (χ3n) is 5.47. The van der Waals surface area contributed by atoms with Crippen LogP contribution >= 0.6 is 0 Å². The van der Waals surface area contributed by atoms with Crippen LogP contribution in [0.4, 0.5) is 0 Å². The number of benzene rings is 2. The van der Waals surface area contributed by atoms with E-state index in [0.717, 1.165) is 41.8 Å². The first-order valence-electron chi connectivity index (χ1n) is 10.7. The Morgan fingerprint density at radius 1 is 1.06 bits per heavy atom. The molecule has 6 heteroatoms. The molecule has 2 aromatic heterocycles. The third kappa shape index (κ3) is 5.02. The van der Waals surface area contributed by atoms with E-state index in [2.05, 4.69) is 34.3 Å². The van der Waals surface area contributed by atoms with Crippen molar-refractivity contribution in [2.24, 2.45) is 0 Å². The molecule has 0 unspecified atom stereocenters. The minimum Gasteiger partial charge on any atom is -0.441 e. The fourth-order valence-electron chi connectivity index (χ4n) is 3.77. The fourth-order valence-corrected chi connectivity index (χ4v) is 3.77. The van der Waals surface area contributed by atoms with Crippen LogP contribution in [0, 0.1) is 13.8 Å². The number of rotatable bonds is 8. The second-order valence-corrected chi connectivity index (χ2v) is 8.01. The summed E-state index contributed by atoms with van der Waals surface area (Å²) in [6.45, 7) is 5.25. The number of carbonyl (C=O) groups is 1. The Bertz CT molecular complexity index is 1180. The molecule has 0 N–H and O–H groups in total. The molecule has 160 valence electrons. The molecular weight excluding hydrogens is 388 g/mol. The highest BCUT2D eigenvalue weighted by Crippen LogP contribution is 2.19. The van der Waals surface area contributed by atoms with Crippen molar-refractivity contribution in [3.05, 3.63) is 83.0 Å². The van der Waals surface area contributed by atoms with E-state index in [4.69, 9.17) is 4.42 Å². The summed E-state index contributed by atoms with van der Waals surface area (Å²) in [4.78, 5) is 19.2. The average molecular weight is 417 g/mol. The summed E-state index contributed by atoms with van der Waals surface area (Å²) in [5.74, 6) is 0.686. The van der Waals surface area contributed by atoms with Crippen molar-refractivity contribution in [3.8, 4) is 0 Å². The molecule has 0 spiro atoms. The number of oxazole rings is 1. The average Bonchev–Trinajstić information content (AvgIpc) is 3.32. The highest BCUT2D eigenvalue weighted by Gasteiger charge is 2.15. The van der Waals surface area contributed by atoms with Crippen molar-refractivity contribution >= 4 is 17.0 Å². The molecule has 0 aliphatic rings. The highest BCUT2D eigenvalue weighted by molar-refractivity contribution is 5.96. The SMILES string of the molecule is Cc1cc(C)n(CCN(C)C(=O)c2ccc3oc(CCCc4ccccc4)nc3c2)n1. The smallest absolute Gasteiger partial charge is 0.253 e.